The quantitative estimate of drug-likeness (QED) is 0.618. The molecule has 2 N–H and O–H groups in total. The summed E-state index contributed by atoms with van der Waals surface area (Å²) in [4.78, 5) is 0. The Kier molecular flexibility index (Phi) is 2.40. The molecule has 0 radical (unpaired) electrons. The van der Waals surface area contributed by atoms with Crippen LogP contribution in [0.3, 0.4) is 0 Å². The minimum atomic E-state index is -0.666. The smallest absolute Gasteiger partial charge is 0.0887 e. The molecule has 2 nitrogen and oxygen atoms in total. The van der Waals surface area contributed by atoms with E-state index in [2.05, 4.69) is 6.58 Å². The van der Waals surface area contributed by atoms with Crippen molar-refractivity contribution < 1.29 is 10.2 Å². The molecule has 0 aromatic carbocycles. The van der Waals surface area contributed by atoms with Crippen molar-refractivity contribution in [3.05, 3.63) is 24.3 Å². The highest BCUT2D eigenvalue weighted by atomic mass is 16.3. The second-order valence-corrected chi connectivity index (χ2v) is 3.96. The van der Waals surface area contributed by atoms with Gasteiger partial charge in [0.15, 0.2) is 0 Å². The molecule has 68 valence electrons. The molecule has 1 aliphatic carbocycles. The fourth-order valence-corrected chi connectivity index (χ4v) is 1.61. The van der Waals surface area contributed by atoms with Crippen molar-refractivity contribution in [2.24, 2.45) is 5.41 Å². The van der Waals surface area contributed by atoms with Crippen LogP contribution in [-0.4, -0.2) is 22.4 Å². The molecule has 2 atom stereocenters. The van der Waals surface area contributed by atoms with Crippen molar-refractivity contribution >= 4 is 0 Å². The van der Waals surface area contributed by atoms with E-state index in [1.165, 1.54) is 0 Å². The number of aliphatic hydroxyl groups is 2. The van der Waals surface area contributed by atoms with Gasteiger partial charge < -0.3 is 10.2 Å². The van der Waals surface area contributed by atoms with Gasteiger partial charge in [-0.1, -0.05) is 32.6 Å². The lowest BCUT2D eigenvalue weighted by molar-refractivity contribution is -0.0395. The Bertz CT molecular complexity index is 216. The van der Waals surface area contributed by atoms with E-state index >= 15 is 0 Å². The Hall–Kier alpha value is -0.600. The van der Waals surface area contributed by atoms with Gasteiger partial charge in [0.1, 0.15) is 0 Å². The number of aliphatic hydroxyl groups excluding tert-OH is 2. The number of hydrogen-bond acceptors (Lipinski definition) is 2. The van der Waals surface area contributed by atoms with Gasteiger partial charge in [0.25, 0.3) is 0 Å². The normalized spacial score (nSPS) is 34.2. The third-order valence-corrected chi connectivity index (χ3v) is 2.39. The molecule has 0 aromatic heterocycles. The molecule has 0 saturated carbocycles. The summed E-state index contributed by atoms with van der Waals surface area (Å²) in [5, 5.41) is 19.1. The molecular formula is C10H16O2. The summed E-state index contributed by atoms with van der Waals surface area (Å²) in [5.74, 6) is 0. The zero-order valence-electron chi connectivity index (χ0n) is 7.62. The fourth-order valence-electron chi connectivity index (χ4n) is 1.61. The second-order valence-electron chi connectivity index (χ2n) is 3.96. The molecule has 0 amide bonds. The molecule has 1 aliphatic rings. The summed E-state index contributed by atoms with van der Waals surface area (Å²) >= 11 is 0. The molecule has 0 saturated heterocycles. The average Bonchev–Trinajstić information content (AvgIpc) is 1.99. The van der Waals surface area contributed by atoms with E-state index in [4.69, 9.17) is 0 Å². The zero-order chi connectivity index (χ0) is 9.35. The third-order valence-electron chi connectivity index (χ3n) is 2.39. The van der Waals surface area contributed by atoms with Crippen LogP contribution < -0.4 is 0 Å². The number of hydrogen-bond donors (Lipinski definition) is 2. The van der Waals surface area contributed by atoms with Crippen LogP contribution in [-0.2, 0) is 0 Å². The molecule has 1 rings (SSSR count). The molecule has 0 heterocycles. The molecule has 12 heavy (non-hydrogen) atoms. The van der Waals surface area contributed by atoms with Gasteiger partial charge in [-0.3, -0.25) is 0 Å². The molecule has 0 bridgehead atoms. The summed E-state index contributed by atoms with van der Waals surface area (Å²) < 4.78 is 0. The van der Waals surface area contributed by atoms with Crippen LogP contribution in [0.15, 0.2) is 24.3 Å². The molecule has 0 unspecified atom stereocenters. The van der Waals surface area contributed by atoms with Crippen LogP contribution in [0.2, 0.25) is 0 Å². The Balaban J connectivity index is 2.94. The standard InChI is InChI=1S/C10H16O2/c1-4-7-5-8(11)9(12)10(2,3)6-7/h4,6,8-9,11-12H,1,5H2,2-3H3/t8-,9+/m0/s1. The molecule has 0 aromatic rings. The van der Waals surface area contributed by atoms with E-state index in [9.17, 15) is 10.2 Å². The van der Waals surface area contributed by atoms with Crippen molar-refractivity contribution in [2.45, 2.75) is 32.5 Å². The molecule has 2 heteroatoms. The van der Waals surface area contributed by atoms with Crippen molar-refractivity contribution in [1.29, 1.82) is 0 Å². The topological polar surface area (TPSA) is 40.5 Å². The fraction of sp³-hybridized carbons (Fsp3) is 0.600. The Labute approximate surface area is 73.2 Å². The summed E-state index contributed by atoms with van der Waals surface area (Å²) in [7, 11) is 0. The van der Waals surface area contributed by atoms with Gasteiger partial charge in [-0.25, -0.2) is 0 Å². The average molecular weight is 168 g/mol. The van der Waals surface area contributed by atoms with Crippen molar-refractivity contribution in [3.8, 4) is 0 Å². The first kappa shape index (κ1) is 9.49. The SMILES string of the molecule is C=CC1=CC(C)(C)[C@H](O)[C@@H](O)C1. The summed E-state index contributed by atoms with van der Waals surface area (Å²) in [6, 6.07) is 0. The second kappa shape index (κ2) is 3.04. The van der Waals surface area contributed by atoms with Crippen LogP contribution in [0.4, 0.5) is 0 Å². The van der Waals surface area contributed by atoms with Crippen molar-refractivity contribution in [1.82, 2.24) is 0 Å². The first-order valence-electron chi connectivity index (χ1n) is 4.17. The van der Waals surface area contributed by atoms with Gasteiger partial charge >= 0.3 is 0 Å². The zero-order valence-corrected chi connectivity index (χ0v) is 7.62. The van der Waals surface area contributed by atoms with Crippen molar-refractivity contribution in [2.75, 3.05) is 0 Å². The minimum absolute atomic E-state index is 0.346. The number of rotatable bonds is 1. The highest BCUT2D eigenvalue weighted by molar-refractivity contribution is 5.25. The van der Waals surface area contributed by atoms with Gasteiger partial charge in [-0.2, -0.15) is 0 Å². The summed E-state index contributed by atoms with van der Waals surface area (Å²) in [6.07, 6.45) is 2.89. The van der Waals surface area contributed by atoms with Gasteiger partial charge in [0, 0.05) is 11.8 Å². The minimum Gasteiger partial charge on any atom is -0.390 e. The lowest BCUT2D eigenvalue weighted by Gasteiger charge is -2.36. The maximum Gasteiger partial charge on any atom is 0.0887 e. The van der Waals surface area contributed by atoms with E-state index in [1.54, 1.807) is 6.08 Å². The van der Waals surface area contributed by atoms with Gasteiger partial charge in [0.2, 0.25) is 0 Å². The predicted molar refractivity (Wildman–Crippen MR) is 48.7 cm³/mol. The number of allylic oxidation sites excluding steroid dienone is 1. The van der Waals surface area contributed by atoms with E-state index in [0.717, 1.165) is 5.57 Å². The maximum absolute atomic E-state index is 9.59. The van der Waals surface area contributed by atoms with Crippen LogP contribution >= 0.6 is 0 Å². The first-order chi connectivity index (χ1) is 5.47. The highest BCUT2D eigenvalue weighted by Gasteiger charge is 2.35. The van der Waals surface area contributed by atoms with Gasteiger partial charge in [-0.15, -0.1) is 0 Å². The summed E-state index contributed by atoms with van der Waals surface area (Å²) in [6.45, 7) is 7.46. The molecule has 0 aliphatic heterocycles. The van der Waals surface area contributed by atoms with E-state index in [1.807, 2.05) is 19.9 Å². The predicted octanol–water partition coefficient (Wildman–Crippen LogP) is 1.25. The van der Waals surface area contributed by atoms with E-state index < -0.39 is 12.2 Å². The van der Waals surface area contributed by atoms with Crippen LogP contribution in [0.25, 0.3) is 0 Å². The highest BCUT2D eigenvalue weighted by Crippen LogP contribution is 2.33. The summed E-state index contributed by atoms with van der Waals surface area (Å²) in [5.41, 5.74) is 0.666. The Morgan fingerprint density at radius 2 is 2.17 bits per heavy atom. The van der Waals surface area contributed by atoms with Crippen molar-refractivity contribution in [3.63, 3.8) is 0 Å². The Morgan fingerprint density at radius 1 is 1.58 bits per heavy atom. The van der Waals surface area contributed by atoms with Crippen LogP contribution in [0.1, 0.15) is 20.3 Å². The monoisotopic (exact) mass is 168 g/mol. The molecule has 0 spiro atoms. The third kappa shape index (κ3) is 1.59. The maximum atomic E-state index is 9.59. The van der Waals surface area contributed by atoms with E-state index in [0.29, 0.717) is 6.42 Å². The molecule has 0 fully saturated rings. The largest absolute Gasteiger partial charge is 0.390 e. The van der Waals surface area contributed by atoms with E-state index in [-0.39, 0.29) is 5.41 Å². The van der Waals surface area contributed by atoms with Crippen LogP contribution in [0.5, 0.6) is 0 Å². The lowest BCUT2D eigenvalue weighted by Crippen LogP contribution is -2.41. The lowest BCUT2D eigenvalue weighted by atomic mass is 9.75. The van der Waals surface area contributed by atoms with Crippen LogP contribution in [0, 0.1) is 5.41 Å². The Morgan fingerprint density at radius 3 is 2.58 bits per heavy atom. The molecular weight excluding hydrogens is 152 g/mol. The van der Waals surface area contributed by atoms with Gasteiger partial charge in [0.05, 0.1) is 12.2 Å². The van der Waals surface area contributed by atoms with Gasteiger partial charge in [-0.05, 0) is 5.57 Å². The first-order valence-corrected chi connectivity index (χ1v) is 4.17.